The van der Waals surface area contributed by atoms with Crippen LogP contribution in [0.2, 0.25) is 22.2 Å². The van der Waals surface area contributed by atoms with Crippen molar-refractivity contribution in [3.63, 3.8) is 0 Å². The first-order valence-electron chi connectivity index (χ1n) is 12.0. The van der Waals surface area contributed by atoms with Crippen LogP contribution in [0.15, 0.2) is 42.0 Å². The minimum Gasteiger partial charge on any atom is -1.00 e. The summed E-state index contributed by atoms with van der Waals surface area (Å²) in [5.41, 5.74) is 8.37. The number of benzene rings is 1. The van der Waals surface area contributed by atoms with Gasteiger partial charge in [-0.25, -0.2) is 0 Å². The van der Waals surface area contributed by atoms with Crippen molar-refractivity contribution in [3.8, 4) is 0 Å². The van der Waals surface area contributed by atoms with E-state index < -0.39 is 12.7 Å². The number of fused-ring (bicyclic) bond motifs is 2. The number of aryl methyl sites for hydroxylation is 2. The van der Waals surface area contributed by atoms with Gasteiger partial charge in [0.2, 0.25) is 0 Å². The van der Waals surface area contributed by atoms with Gasteiger partial charge >= 0.3 is 175 Å². The van der Waals surface area contributed by atoms with E-state index in [4.69, 9.17) is 0 Å². The second kappa shape index (κ2) is 5.93. The molecule has 0 nitrogen and oxygen atoms in total. The van der Waals surface area contributed by atoms with Gasteiger partial charge in [0.15, 0.2) is 0 Å². The molecule has 3 aliphatic carbocycles. The topological polar surface area (TPSA) is 0 Å². The predicted octanol–water partition coefficient (Wildman–Crippen LogP) is 0.0220. The van der Waals surface area contributed by atoms with Crippen LogP contribution < -0.4 is 24.8 Å². The van der Waals surface area contributed by atoms with Crippen LogP contribution in [-0.4, -0.2) is 14.7 Å². The zero-order valence-electron chi connectivity index (χ0n) is 21.3. The Morgan fingerprint density at radius 3 is 2.06 bits per heavy atom. The van der Waals surface area contributed by atoms with Gasteiger partial charge in [0.25, 0.3) is 0 Å². The van der Waals surface area contributed by atoms with Crippen molar-refractivity contribution < 1.29 is 37.5 Å². The summed E-state index contributed by atoms with van der Waals surface area (Å²) in [5.74, 6) is 0. The second-order valence-corrected chi connectivity index (χ2v) is 162. The summed E-state index contributed by atoms with van der Waals surface area (Å²) in [7, 11) is 2.55. The zero-order chi connectivity index (χ0) is 21.7. The molecule has 0 amide bonds. The van der Waals surface area contributed by atoms with Crippen LogP contribution in [0.25, 0.3) is 6.08 Å². The van der Waals surface area contributed by atoms with E-state index in [1.165, 1.54) is 46.0 Å². The van der Waals surface area contributed by atoms with Crippen molar-refractivity contribution in [3.05, 3.63) is 64.3 Å². The van der Waals surface area contributed by atoms with Crippen molar-refractivity contribution in [1.29, 1.82) is 0 Å². The first kappa shape index (κ1) is 27.6. The summed E-state index contributed by atoms with van der Waals surface area (Å²) < 4.78 is 12.6. The van der Waals surface area contributed by atoms with Gasteiger partial charge in [-0.2, -0.15) is 0 Å². The SMILES string of the molecule is CC(C)(C)CC1=C[CH]([Zr]([CH3])([CH3])([CH3])([CH3])([SiH3])([SiH3])[CH]2C=Cc3cc4c(cc32)CCC4)C=C1.[Cl-].[Cl-]. The normalized spacial score (nSPS) is 27.1. The maximum Gasteiger partial charge on any atom is -1.00 e. The van der Waals surface area contributed by atoms with E-state index in [9.17, 15) is 0 Å². The first-order chi connectivity index (χ1) is 12.7. The molecule has 176 valence electrons. The van der Waals surface area contributed by atoms with Crippen LogP contribution in [-0.2, 0) is 25.5 Å². The fraction of sp³-hybridized carbons (Fsp3) is 0.538. The molecule has 0 saturated carbocycles. The molecule has 0 N–H and O–H groups in total. The third kappa shape index (κ3) is 4.53. The van der Waals surface area contributed by atoms with Gasteiger partial charge in [-0.05, 0) is 0 Å². The van der Waals surface area contributed by atoms with Crippen molar-refractivity contribution in [2.24, 2.45) is 5.41 Å². The fourth-order valence-electron chi connectivity index (χ4n) is 6.72. The maximum absolute atomic E-state index is 4.50. The van der Waals surface area contributed by atoms with Crippen LogP contribution >= 0.6 is 0 Å². The number of hydrogen-bond acceptors (Lipinski definition) is 0. The molecule has 0 saturated heterocycles. The van der Waals surface area contributed by atoms with Gasteiger partial charge in [0, 0.05) is 0 Å². The molecule has 2 atom stereocenters. The molecule has 0 fully saturated rings. The summed E-state index contributed by atoms with van der Waals surface area (Å²) in [6, 6.07) is 5.18. The average molecular weight is 575 g/mol. The minimum atomic E-state index is -4.50. The summed E-state index contributed by atoms with van der Waals surface area (Å²) in [6.07, 6.45) is 18.1. The van der Waals surface area contributed by atoms with E-state index in [1.807, 2.05) is 0 Å². The summed E-state index contributed by atoms with van der Waals surface area (Å²) in [4.78, 5) is 0. The standard InChI is InChI=1S/C12H11.C10H15.4CH3.2ClH.2H3Si.Zr/c1-3-9-7-11-5-2-6-12(11)8-10(9)4-1;1-10(2,3)8-9-6-4-5-7-9;;;;;;;;;/h1,3-4,7-8H,2,5-6H2;4-7H,8H2,1-3H3;4*1H3;2*1H;2*1H3;/p-2. The van der Waals surface area contributed by atoms with E-state index in [0.717, 1.165) is 0 Å². The predicted molar refractivity (Wildman–Crippen MR) is 139 cm³/mol. The monoisotopic (exact) mass is 572 g/mol. The molecule has 0 radical (unpaired) electrons. The number of halogens is 2. The molecule has 4 rings (SSSR count). The molecule has 0 aliphatic heterocycles. The Labute approximate surface area is 198 Å². The number of allylic oxidation sites excluding steroid dienone is 5. The number of rotatable bonds is 3. The molecule has 31 heavy (non-hydrogen) atoms. The van der Waals surface area contributed by atoms with Crippen LogP contribution in [0.3, 0.4) is 0 Å². The first-order valence-corrected chi connectivity index (χ1v) is 41.4. The molecule has 3 aliphatic rings. The maximum atomic E-state index is 2.84. The van der Waals surface area contributed by atoms with E-state index in [2.05, 4.69) is 81.8 Å². The molecule has 1 aromatic carbocycles. The van der Waals surface area contributed by atoms with Crippen LogP contribution in [0, 0.1) is 5.41 Å². The molecule has 0 spiro atoms. The molecule has 0 bridgehead atoms. The van der Waals surface area contributed by atoms with E-state index in [0.29, 0.717) is 12.7 Å². The molecular weight excluding hydrogens is 531 g/mol. The Morgan fingerprint density at radius 2 is 1.48 bits per heavy atom. The molecule has 0 heterocycles. The smallest absolute Gasteiger partial charge is 1.00 e. The Morgan fingerprint density at radius 1 is 0.903 bits per heavy atom. The third-order valence-corrected chi connectivity index (χ3v) is 47.2. The van der Waals surface area contributed by atoms with Gasteiger partial charge in [-0.1, -0.05) is 0 Å². The van der Waals surface area contributed by atoms with Gasteiger partial charge in [-0.15, -0.1) is 0 Å². The van der Waals surface area contributed by atoms with E-state index in [1.54, 1.807) is 22.3 Å². The van der Waals surface area contributed by atoms with E-state index in [-0.39, 0.29) is 24.8 Å². The Bertz CT molecular complexity index is 1060. The van der Waals surface area contributed by atoms with E-state index >= 15 is 0 Å². The minimum absolute atomic E-state index is 0. The second-order valence-electron chi connectivity index (χ2n) is 19.4. The molecule has 1 aromatic rings. The molecule has 5 heteroatoms. The Balaban J connectivity index is 0.00000171. The third-order valence-electron chi connectivity index (χ3n) is 8.98. The van der Waals surface area contributed by atoms with Gasteiger partial charge in [0.05, 0.1) is 0 Å². The Kier molecular flexibility index (Phi) is 5.28. The quantitative estimate of drug-likeness (QED) is 0.447. The summed E-state index contributed by atoms with van der Waals surface area (Å²) in [5, 5.41) is 0. The van der Waals surface area contributed by atoms with Crippen molar-refractivity contribution >= 4 is 20.8 Å². The van der Waals surface area contributed by atoms with Crippen LogP contribution in [0.4, 0.5) is 0 Å². The van der Waals surface area contributed by atoms with Crippen LogP contribution in [0.1, 0.15) is 59.5 Å². The van der Waals surface area contributed by atoms with Crippen molar-refractivity contribution in [2.75, 3.05) is 0 Å². The average Bonchev–Trinajstić information content (AvgIpc) is 3.19. The van der Waals surface area contributed by atoms with Crippen LogP contribution in [0.5, 0.6) is 0 Å². The van der Waals surface area contributed by atoms with Crippen molar-refractivity contribution in [2.45, 2.75) is 72.2 Å². The number of hydrogen-bond donors (Lipinski definition) is 0. The Hall–Kier alpha value is 0.337. The summed E-state index contributed by atoms with van der Waals surface area (Å²) in [6.45, 7) is 7.11. The van der Waals surface area contributed by atoms with Gasteiger partial charge < -0.3 is 24.8 Å². The largest absolute Gasteiger partial charge is 1.00 e. The van der Waals surface area contributed by atoms with Gasteiger partial charge in [0.1, 0.15) is 0 Å². The fourth-order valence-corrected chi connectivity index (χ4v) is 33.5. The zero-order valence-corrected chi connectivity index (χ0v) is 29.3. The molecular formula is C26H44Cl2Si2Zr-2. The molecule has 0 aromatic heterocycles. The summed E-state index contributed by atoms with van der Waals surface area (Å²) >= 11 is -4.50. The van der Waals surface area contributed by atoms with Gasteiger partial charge in [-0.3, -0.25) is 0 Å². The molecule has 2 unspecified atom stereocenters. The van der Waals surface area contributed by atoms with Crippen molar-refractivity contribution in [1.82, 2.24) is 0 Å².